The molecule has 0 bridgehead atoms. The lowest BCUT2D eigenvalue weighted by atomic mass is 9.95. The summed E-state index contributed by atoms with van der Waals surface area (Å²) < 4.78 is 46.1. The number of alkyl halides is 3. The molecule has 2 aromatic carbocycles. The van der Waals surface area contributed by atoms with E-state index in [0.717, 1.165) is 6.07 Å². The molecule has 6 nitrogen and oxygen atoms in total. The van der Waals surface area contributed by atoms with Crippen molar-refractivity contribution in [3.05, 3.63) is 54.1 Å². The summed E-state index contributed by atoms with van der Waals surface area (Å²) in [6.07, 6.45) is -3.58. The molecule has 0 atom stereocenters. The number of para-hydroxylation sites is 1. The first-order valence-corrected chi connectivity index (χ1v) is 10.8. The number of nitrogens with one attached hydrogen (secondary N) is 1. The average Bonchev–Trinajstić information content (AvgIpc) is 2.79. The van der Waals surface area contributed by atoms with Crippen LogP contribution < -0.4 is 15.0 Å². The molecule has 1 fully saturated rings. The van der Waals surface area contributed by atoms with Gasteiger partial charge in [0.15, 0.2) is 0 Å². The van der Waals surface area contributed by atoms with E-state index in [1.165, 1.54) is 12.1 Å². The fourth-order valence-corrected chi connectivity index (χ4v) is 3.71. The first kappa shape index (κ1) is 24.4. The number of likely N-dealkylation sites (tertiary alicyclic amines) is 1. The van der Waals surface area contributed by atoms with Crippen molar-refractivity contribution < 1.29 is 27.5 Å². The lowest BCUT2D eigenvalue weighted by Gasteiger charge is -2.31. The van der Waals surface area contributed by atoms with Crippen molar-refractivity contribution in [3.63, 3.8) is 0 Å². The van der Waals surface area contributed by atoms with Crippen molar-refractivity contribution in [1.29, 1.82) is 0 Å². The van der Waals surface area contributed by atoms with Crippen LogP contribution in [0.3, 0.4) is 0 Å². The van der Waals surface area contributed by atoms with Gasteiger partial charge in [0.1, 0.15) is 5.75 Å². The summed E-state index contributed by atoms with van der Waals surface area (Å²) in [6.45, 7) is 1.02. The number of rotatable bonds is 7. The van der Waals surface area contributed by atoms with E-state index in [4.69, 9.17) is 4.74 Å². The van der Waals surface area contributed by atoms with Gasteiger partial charge in [0.2, 0.25) is 11.8 Å². The molecule has 178 valence electrons. The standard InChI is InChI=1S/C24H28F3N3O3/c1-29(2)18-8-9-21(20(16-18)24(25,26)27)28-23(32)17-10-13-30(14-11-17)22(31)12-15-33-19-6-4-3-5-7-19/h3-9,16-17H,10-15H2,1-2H3,(H,28,32). The molecule has 0 saturated carbocycles. The van der Waals surface area contributed by atoms with Gasteiger partial charge in [0.05, 0.1) is 24.3 Å². The number of piperidine rings is 1. The molecule has 0 radical (unpaired) electrons. The van der Waals surface area contributed by atoms with E-state index in [9.17, 15) is 22.8 Å². The van der Waals surface area contributed by atoms with Crippen molar-refractivity contribution in [1.82, 2.24) is 4.90 Å². The fourth-order valence-electron chi connectivity index (χ4n) is 3.71. The van der Waals surface area contributed by atoms with Gasteiger partial charge in [-0.2, -0.15) is 13.2 Å². The summed E-state index contributed by atoms with van der Waals surface area (Å²) in [5.41, 5.74) is -0.744. The highest BCUT2D eigenvalue weighted by atomic mass is 19.4. The van der Waals surface area contributed by atoms with Gasteiger partial charge in [-0.3, -0.25) is 9.59 Å². The minimum atomic E-state index is -4.59. The Morgan fingerprint density at radius 3 is 2.36 bits per heavy atom. The van der Waals surface area contributed by atoms with Crippen molar-refractivity contribution in [2.24, 2.45) is 5.92 Å². The summed E-state index contributed by atoms with van der Waals surface area (Å²) in [7, 11) is 3.30. The van der Waals surface area contributed by atoms with Gasteiger partial charge >= 0.3 is 6.18 Å². The normalized spacial score (nSPS) is 14.6. The van der Waals surface area contributed by atoms with E-state index < -0.39 is 23.6 Å². The summed E-state index contributed by atoms with van der Waals surface area (Å²) in [5, 5.41) is 2.45. The maximum Gasteiger partial charge on any atom is 0.418 e. The molecule has 3 rings (SSSR count). The molecule has 9 heteroatoms. The highest BCUT2D eigenvalue weighted by Gasteiger charge is 2.35. The lowest BCUT2D eigenvalue weighted by Crippen LogP contribution is -2.42. The fraction of sp³-hybridized carbons (Fsp3) is 0.417. The lowest BCUT2D eigenvalue weighted by molar-refractivity contribution is -0.137. The first-order valence-electron chi connectivity index (χ1n) is 10.8. The van der Waals surface area contributed by atoms with Crippen LogP contribution in [0, 0.1) is 5.92 Å². The SMILES string of the molecule is CN(C)c1ccc(NC(=O)C2CCN(C(=O)CCOc3ccccc3)CC2)c(C(F)(F)F)c1. The number of hydrogen-bond donors (Lipinski definition) is 1. The monoisotopic (exact) mass is 463 g/mol. The van der Waals surface area contributed by atoms with E-state index in [2.05, 4.69) is 5.32 Å². The molecule has 2 amide bonds. The molecular weight excluding hydrogens is 435 g/mol. The van der Waals surface area contributed by atoms with Gasteiger partial charge < -0.3 is 19.9 Å². The molecule has 2 aromatic rings. The Labute approximate surface area is 191 Å². The molecule has 0 unspecified atom stereocenters. The van der Waals surface area contributed by atoms with Crippen molar-refractivity contribution in [2.45, 2.75) is 25.4 Å². The zero-order valence-corrected chi connectivity index (χ0v) is 18.7. The third-order valence-corrected chi connectivity index (χ3v) is 5.63. The molecule has 1 aliphatic heterocycles. The molecule has 0 aliphatic carbocycles. The van der Waals surface area contributed by atoms with Gasteiger partial charge in [-0.05, 0) is 43.2 Å². The Morgan fingerprint density at radius 1 is 1.09 bits per heavy atom. The van der Waals surface area contributed by atoms with Gasteiger partial charge in [-0.1, -0.05) is 18.2 Å². The van der Waals surface area contributed by atoms with E-state index in [0.29, 0.717) is 37.4 Å². The Bertz CT molecular complexity index is 956. The predicted molar refractivity (Wildman–Crippen MR) is 120 cm³/mol. The van der Waals surface area contributed by atoms with Crippen LogP contribution in [0.1, 0.15) is 24.8 Å². The molecule has 1 saturated heterocycles. The third-order valence-electron chi connectivity index (χ3n) is 5.63. The highest BCUT2D eigenvalue weighted by molar-refractivity contribution is 5.94. The topological polar surface area (TPSA) is 61.9 Å². The maximum atomic E-state index is 13.5. The first-order chi connectivity index (χ1) is 15.6. The molecule has 1 N–H and O–H groups in total. The number of carbonyl (C=O) groups excluding carboxylic acids is 2. The highest BCUT2D eigenvalue weighted by Crippen LogP contribution is 2.37. The number of benzene rings is 2. The van der Waals surface area contributed by atoms with Crippen LogP contribution in [-0.2, 0) is 15.8 Å². The second kappa shape index (κ2) is 10.6. The number of anilines is 2. The molecular formula is C24H28F3N3O3. The van der Waals surface area contributed by atoms with Gasteiger partial charge in [0.25, 0.3) is 0 Å². The van der Waals surface area contributed by atoms with E-state index in [1.807, 2.05) is 30.3 Å². The van der Waals surface area contributed by atoms with Gasteiger partial charge in [0, 0.05) is 38.8 Å². The second-order valence-electron chi connectivity index (χ2n) is 8.18. The second-order valence-corrected chi connectivity index (χ2v) is 8.18. The van der Waals surface area contributed by atoms with Crippen LogP contribution in [-0.4, -0.2) is 50.5 Å². The molecule has 1 aliphatic rings. The number of carbonyl (C=O) groups is 2. The van der Waals surface area contributed by atoms with Crippen LogP contribution in [0.25, 0.3) is 0 Å². The van der Waals surface area contributed by atoms with Gasteiger partial charge in [-0.15, -0.1) is 0 Å². The van der Waals surface area contributed by atoms with E-state index in [1.54, 1.807) is 23.9 Å². The Kier molecular flexibility index (Phi) is 7.84. The van der Waals surface area contributed by atoms with Crippen molar-refractivity contribution in [3.8, 4) is 5.75 Å². The molecule has 1 heterocycles. The summed E-state index contributed by atoms with van der Waals surface area (Å²) >= 11 is 0. The minimum absolute atomic E-state index is 0.0663. The van der Waals surface area contributed by atoms with E-state index in [-0.39, 0.29) is 24.6 Å². The number of halogens is 3. The minimum Gasteiger partial charge on any atom is -0.493 e. The maximum absolute atomic E-state index is 13.5. The quantitative estimate of drug-likeness (QED) is 0.661. The number of amides is 2. The smallest absolute Gasteiger partial charge is 0.418 e. The number of hydrogen-bond acceptors (Lipinski definition) is 4. The molecule has 0 spiro atoms. The van der Waals surface area contributed by atoms with Crippen LogP contribution in [0.4, 0.5) is 24.5 Å². The van der Waals surface area contributed by atoms with Gasteiger partial charge in [-0.25, -0.2) is 0 Å². The Balaban J connectivity index is 1.52. The summed E-state index contributed by atoms with van der Waals surface area (Å²) in [6, 6.07) is 13.0. The zero-order chi connectivity index (χ0) is 24.0. The molecule has 33 heavy (non-hydrogen) atoms. The number of ether oxygens (including phenoxy) is 1. The largest absolute Gasteiger partial charge is 0.493 e. The van der Waals surface area contributed by atoms with Crippen LogP contribution >= 0.6 is 0 Å². The average molecular weight is 464 g/mol. The summed E-state index contributed by atoms with van der Waals surface area (Å²) in [4.78, 5) is 28.3. The third kappa shape index (κ3) is 6.63. The predicted octanol–water partition coefficient (Wildman–Crippen LogP) is 4.42. The summed E-state index contributed by atoms with van der Waals surface area (Å²) in [5.74, 6) is -0.289. The van der Waals surface area contributed by atoms with Crippen molar-refractivity contribution in [2.75, 3.05) is 44.0 Å². The Morgan fingerprint density at radius 2 is 1.76 bits per heavy atom. The van der Waals surface area contributed by atoms with Crippen LogP contribution in [0.5, 0.6) is 5.75 Å². The Hall–Kier alpha value is -3.23. The van der Waals surface area contributed by atoms with Crippen molar-refractivity contribution >= 4 is 23.2 Å². The van der Waals surface area contributed by atoms with Crippen LogP contribution in [0.15, 0.2) is 48.5 Å². The van der Waals surface area contributed by atoms with E-state index >= 15 is 0 Å². The number of nitrogens with zero attached hydrogens (tertiary/aromatic N) is 2. The van der Waals surface area contributed by atoms with Crippen LogP contribution in [0.2, 0.25) is 0 Å². The zero-order valence-electron chi connectivity index (χ0n) is 18.7. The molecule has 0 aromatic heterocycles.